The van der Waals surface area contributed by atoms with Crippen molar-refractivity contribution in [1.29, 1.82) is 0 Å². The number of carbonyl (C=O) groups excluding carboxylic acids is 1. The summed E-state index contributed by atoms with van der Waals surface area (Å²) in [6.07, 6.45) is 8.00. The molecule has 3 heterocycles. The molecule has 2 aromatic heterocycles. The van der Waals surface area contributed by atoms with E-state index in [0.717, 1.165) is 25.6 Å². The van der Waals surface area contributed by atoms with Gasteiger partial charge in [0.2, 0.25) is 5.91 Å². The lowest BCUT2D eigenvalue weighted by Gasteiger charge is -2.20. The number of rotatable bonds is 11. The van der Waals surface area contributed by atoms with Crippen LogP contribution in [-0.2, 0) is 11.3 Å². The summed E-state index contributed by atoms with van der Waals surface area (Å²) >= 11 is 0. The zero-order valence-electron chi connectivity index (χ0n) is 22.4. The zero-order valence-corrected chi connectivity index (χ0v) is 22.4. The molecule has 40 heavy (non-hydrogen) atoms. The number of amides is 1. The minimum absolute atomic E-state index is 0.206. The Labute approximate surface area is 230 Å². The second-order valence-corrected chi connectivity index (χ2v) is 9.67. The number of hydrogen-bond donors (Lipinski definition) is 2. The molecule has 12 heteroatoms. The van der Waals surface area contributed by atoms with Crippen LogP contribution in [0.1, 0.15) is 26.2 Å². The number of aromatic nitrogens is 4. The second kappa shape index (κ2) is 12.2. The normalized spacial score (nSPS) is 15.3. The van der Waals surface area contributed by atoms with Crippen LogP contribution in [0.15, 0.2) is 49.1 Å². The van der Waals surface area contributed by atoms with Gasteiger partial charge in [0, 0.05) is 30.9 Å². The highest BCUT2D eigenvalue weighted by molar-refractivity contribution is 5.96. The van der Waals surface area contributed by atoms with Gasteiger partial charge in [0.25, 0.3) is 0 Å². The number of carbonyl (C=O) groups is 1. The molecular weight excluding hydrogens is 520 g/mol. The fraction of sp³-hybridized carbons (Fsp3) is 0.357. The van der Waals surface area contributed by atoms with Crippen LogP contribution in [-0.4, -0.2) is 63.4 Å². The van der Waals surface area contributed by atoms with Crippen LogP contribution >= 0.6 is 0 Å². The van der Waals surface area contributed by atoms with E-state index in [4.69, 9.17) is 9.47 Å². The summed E-state index contributed by atoms with van der Waals surface area (Å²) in [7, 11) is 1.57. The number of nitrogens with zero attached hydrogens (tertiary/aromatic N) is 5. The van der Waals surface area contributed by atoms with Crippen molar-refractivity contribution in [3.63, 3.8) is 0 Å². The predicted octanol–water partition coefficient (Wildman–Crippen LogP) is 4.75. The summed E-state index contributed by atoms with van der Waals surface area (Å²) in [4.78, 5) is 23.6. The van der Waals surface area contributed by atoms with E-state index in [0.29, 0.717) is 46.6 Å². The first-order valence-corrected chi connectivity index (χ1v) is 13.1. The summed E-state index contributed by atoms with van der Waals surface area (Å²) in [6, 6.07) is 7.88. The summed E-state index contributed by atoms with van der Waals surface area (Å²) in [5.74, 6) is -1.02. The summed E-state index contributed by atoms with van der Waals surface area (Å²) in [6.45, 7) is 4.82. The molecule has 0 unspecified atom stereocenters. The van der Waals surface area contributed by atoms with E-state index in [-0.39, 0.29) is 12.2 Å². The molecule has 0 aliphatic carbocycles. The fourth-order valence-corrected chi connectivity index (χ4v) is 4.84. The average molecular weight is 552 g/mol. The first-order chi connectivity index (χ1) is 19.4. The van der Waals surface area contributed by atoms with Crippen molar-refractivity contribution in [2.75, 3.05) is 37.4 Å². The predicted molar refractivity (Wildman–Crippen MR) is 147 cm³/mol. The Balaban J connectivity index is 1.23. The molecule has 1 aliphatic heterocycles. The minimum atomic E-state index is -1.12. The fourth-order valence-electron chi connectivity index (χ4n) is 4.84. The van der Waals surface area contributed by atoms with Crippen molar-refractivity contribution >= 4 is 34.0 Å². The van der Waals surface area contributed by atoms with Crippen LogP contribution in [0.3, 0.4) is 0 Å². The van der Waals surface area contributed by atoms with Gasteiger partial charge in [-0.25, -0.2) is 18.7 Å². The number of benzene rings is 2. The summed E-state index contributed by atoms with van der Waals surface area (Å²) in [5, 5.41) is 10.4. The Morgan fingerprint density at radius 3 is 2.90 bits per heavy atom. The topological polar surface area (TPSA) is 106 Å². The van der Waals surface area contributed by atoms with Crippen LogP contribution in [0.4, 0.5) is 26.0 Å². The summed E-state index contributed by atoms with van der Waals surface area (Å²) in [5.41, 5.74) is 0.965. The van der Waals surface area contributed by atoms with E-state index in [1.165, 1.54) is 42.2 Å². The molecule has 5 rings (SSSR count). The van der Waals surface area contributed by atoms with Crippen molar-refractivity contribution < 1.29 is 23.0 Å². The number of likely N-dealkylation sites (tertiary alicyclic amines) is 1. The molecule has 1 amide bonds. The monoisotopic (exact) mass is 551 g/mol. The lowest BCUT2D eigenvalue weighted by molar-refractivity contribution is -0.116. The quantitative estimate of drug-likeness (QED) is 0.257. The SMILES string of the molecule is COc1cc(OCCCN2CCC[C@H]2C)cc2ncnc(Nc3cnn(CC(=O)Nc4cccc(F)c4F)c3)c12. The van der Waals surface area contributed by atoms with E-state index in [2.05, 4.69) is 37.5 Å². The highest BCUT2D eigenvalue weighted by Gasteiger charge is 2.19. The van der Waals surface area contributed by atoms with Gasteiger partial charge in [0.05, 0.1) is 42.2 Å². The third-order valence-electron chi connectivity index (χ3n) is 6.87. The minimum Gasteiger partial charge on any atom is -0.496 e. The van der Waals surface area contributed by atoms with Crippen molar-refractivity contribution in [3.05, 3.63) is 60.7 Å². The molecule has 0 spiro atoms. The smallest absolute Gasteiger partial charge is 0.246 e. The molecule has 1 fully saturated rings. The number of nitrogens with one attached hydrogen (secondary N) is 2. The lowest BCUT2D eigenvalue weighted by atomic mass is 10.2. The van der Waals surface area contributed by atoms with E-state index in [1.807, 2.05) is 12.1 Å². The third-order valence-corrected chi connectivity index (χ3v) is 6.87. The van der Waals surface area contributed by atoms with Gasteiger partial charge in [-0.15, -0.1) is 0 Å². The van der Waals surface area contributed by atoms with Gasteiger partial charge in [-0.1, -0.05) is 6.07 Å². The van der Waals surface area contributed by atoms with Crippen molar-refractivity contribution in [3.8, 4) is 11.5 Å². The first kappa shape index (κ1) is 27.3. The molecular formula is C28H31F2N7O3. The molecule has 0 bridgehead atoms. The van der Waals surface area contributed by atoms with Gasteiger partial charge in [-0.2, -0.15) is 5.10 Å². The van der Waals surface area contributed by atoms with E-state index in [1.54, 1.807) is 13.3 Å². The van der Waals surface area contributed by atoms with Crippen LogP contribution in [0.2, 0.25) is 0 Å². The van der Waals surface area contributed by atoms with E-state index < -0.39 is 17.5 Å². The Bertz CT molecular complexity index is 1500. The number of hydrogen-bond acceptors (Lipinski definition) is 8. The molecule has 1 atom stereocenters. The van der Waals surface area contributed by atoms with Crippen LogP contribution in [0.25, 0.3) is 10.9 Å². The zero-order chi connectivity index (χ0) is 28.1. The number of ether oxygens (including phenoxy) is 2. The molecule has 4 aromatic rings. The standard InChI is InChI=1S/C28H31F2N7O3/c1-18-6-4-9-36(18)10-5-11-40-20-12-23-26(24(13-20)39-2)28(32-17-31-23)34-19-14-33-37(15-19)16-25(38)35-22-8-3-7-21(29)27(22)30/h3,7-8,12-15,17-18H,4-6,9-11,16H2,1-2H3,(H,35,38)(H,31,32,34)/t18-/m1/s1. The van der Waals surface area contributed by atoms with Crippen molar-refractivity contribution in [1.82, 2.24) is 24.6 Å². The van der Waals surface area contributed by atoms with Gasteiger partial charge in [0.15, 0.2) is 11.6 Å². The van der Waals surface area contributed by atoms with Gasteiger partial charge in [-0.05, 0) is 44.9 Å². The molecule has 0 saturated carbocycles. The highest BCUT2D eigenvalue weighted by Crippen LogP contribution is 2.35. The third kappa shape index (κ3) is 6.28. The molecule has 10 nitrogen and oxygen atoms in total. The second-order valence-electron chi connectivity index (χ2n) is 9.67. The molecule has 2 aromatic carbocycles. The van der Waals surface area contributed by atoms with E-state index in [9.17, 15) is 13.6 Å². The van der Waals surface area contributed by atoms with Gasteiger partial charge < -0.3 is 25.0 Å². The Morgan fingerprint density at radius 2 is 2.10 bits per heavy atom. The Morgan fingerprint density at radius 1 is 1.23 bits per heavy atom. The maximum absolute atomic E-state index is 13.9. The number of anilines is 3. The number of fused-ring (bicyclic) bond motifs is 1. The highest BCUT2D eigenvalue weighted by atomic mass is 19.2. The Kier molecular flexibility index (Phi) is 8.34. The largest absolute Gasteiger partial charge is 0.496 e. The molecule has 210 valence electrons. The van der Waals surface area contributed by atoms with Crippen molar-refractivity contribution in [2.45, 2.75) is 38.8 Å². The van der Waals surface area contributed by atoms with Crippen LogP contribution < -0.4 is 20.1 Å². The lowest BCUT2D eigenvalue weighted by Crippen LogP contribution is -2.28. The molecule has 1 aliphatic rings. The maximum Gasteiger partial charge on any atom is 0.246 e. The van der Waals surface area contributed by atoms with E-state index >= 15 is 0 Å². The van der Waals surface area contributed by atoms with Gasteiger partial charge >= 0.3 is 0 Å². The van der Waals surface area contributed by atoms with Crippen LogP contribution in [0, 0.1) is 11.6 Å². The first-order valence-electron chi connectivity index (χ1n) is 13.1. The molecule has 0 radical (unpaired) electrons. The molecule has 2 N–H and O–H groups in total. The van der Waals surface area contributed by atoms with Crippen molar-refractivity contribution in [2.24, 2.45) is 0 Å². The maximum atomic E-state index is 13.9. The summed E-state index contributed by atoms with van der Waals surface area (Å²) < 4.78 is 40.3. The van der Waals surface area contributed by atoms with Crippen LogP contribution in [0.5, 0.6) is 11.5 Å². The molecule has 1 saturated heterocycles. The number of methoxy groups -OCH3 is 1. The van der Waals surface area contributed by atoms with Gasteiger partial charge in [-0.3, -0.25) is 9.48 Å². The average Bonchev–Trinajstić information content (AvgIpc) is 3.56. The van der Waals surface area contributed by atoms with Gasteiger partial charge in [0.1, 0.15) is 30.2 Å². The number of halogens is 2. The Hall–Kier alpha value is -4.32.